The molecule has 0 unspecified atom stereocenters. The van der Waals surface area contributed by atoms with E-state index in [-0.39, 0.29) is 11.0 Å². The zero-order chi connectivity index (χ0) is 15.4. The monoisotopic (exact) mass is 306 g/mol. The number of nitrogens with one attached hydrogen (secondary N) is 2. The van der Waals surface area contributed by atoms with E-state index >= 15 is 0 Å². The van der Waals surface area contributed by atoms with Crippen LogP contribution in [0.25, 0.3) is 0 Å². The highest BCUT2D eigenvalue weighted by Crippen LogP contribution is 2.28. The van der Waals surface area contributed by atoms with E-state index in [9.17, 15) is 9.59 Å². The van der Waals surface area contributed by atoms with Crippen LogP contribution in [0.1, 0.15) is 23.0 Å². The van der Waals surface area contributed by atoms with Gasteiger partial charge in [0, 0.05) is 23.0 Å². The van der Waals surface area contributed by atoms with Crippen molar-refractivity contribution in [3.63, 3.8) is 0 Å². The van der Waals surface area contributed by atoms with Crippen LogP contribution in [0.15, 0.2) is 35.3 Å². The number of aryl methyl sites for hydroxylation is 1. The molecule has 1 aromatic carbocycles. The number of amides is 1. The number of aromatic amines is 1. The minimum atomic E-state index is -0.514. The van der Waals surface area contributed by atoms with Gasteiger partial charge < -0.3 is 15.0 Å². The number of rotatable bonds is 4. The normalized spacial score (nSPS) is 10.2. The Bertz CT molecular complexity index is 725. The average molecular weight is 307 g/mol. The van der Waals surface area contributed by atoms with Crippen molar-refractivity contribution >= 4 is 23.2 Å². The molecule has 5 nitrogen and oxygen atoms in total. The minimum Gasteiger partial charge on any atom is -0.492 e. The molecule has 0 aliphatic carbocycles. The predicted molar refractivity (Wildman–Crippen MR) is 82.4 cm³/mol. The van der Waals surface area contributed by atoms with E-state index in [1.165, 1.54) is 12.3 Å². The van der Waals surface area contributed by atoms with E-state index in [0.29, 0.717) is 28.8 Å². The fourth-order valence-electron chi connectivity index (χ4n) is 1.82. The van der Waals surface area contributed by atoms with Crippen LogP contribution in [0.5, 0.6) is 5.75 Å². The number of benzene rings is 1. The minimum absolute atomic E-state index is 0.0306. The van der Waals surface area contributed by atoms with E-state index in [1.807, 2.05) is 6.92 Å². The molecule has 2 N–H and O–H groups in total. The second kappa shape index (κ2) is 6.45. The summed E-state index contributed by atoms with van der Waals surface area (Å²) < 4.78 is 5.42. The lowest BCUT2D eigenvalue weighted by atomic mass is 10.2. The Balaban J connectivity index is 2.31. The molecule has 1 aromatic heterocycles. The SMILES string of the molecule is CCOc1ccc(Cl)cc1NC(=O)c1c[nH]c(C)cc1=O. The maximum absolute atomic E-state index is 12.2. The van der Waals surface area contributed by atoms with Gasteiger partial charge in [0.1, 0.15) is 11.3 Å². The number of halogens is 1. The highest BCUT2D eigenvalue weighted by molar-refractivity contribution is 6.31. The molecule has 1 amide bonds. The summed E-state index contributed by atoms with van der Waals surface area (Å²) in [6.45, 7) is 4.04. The van der Waals surface area contributed by atoms with Gasteiger partial charge in [0.15, 0.2) is 5.43 Å². The van der Waals surface area contributed by atoms with Gasteiger partial charge in [0.05, 0.1) is 12.3 Å². The smallest absolute Gasteiger partial charge is 0.261 e. The van der Waals surface area contributed by atoms with Crippen LogP contribution >= 0.6 is 11.6 Å². The van der Waals surface area contributed by atoms with Gasteiger partial charge in [-0.05, 0) is 32.0 Å². The van der Waals surface area contributed by atoms with Crippen LogP contribution in [0.2, 0.25) is 5.02 Å². The number of carbonyl (C=O) groups excluding carboxylic acids is 1. The number of pyridine rings is 1. The summed E-state index contributed by atoms with van der Waals surface area (Å²) in [5.41, 5.74) is 0.801. The highest BCUT2D eigenvalue weighted by atomic mass is 35.5. The third kappa shape index (κ3) is 3.64. The summed E-state index contributed by atoms with van der Waals surface area (Å²) in [7, 11) is 0. The average Bonchev–Trinajstić information content (AvgIpc) is 2.41. The van der Waals surface area contributed by atoms with Gasteiger partial charge in [0.2, 0.25) is 0 Å². The Morgan fingerprint density at radius 1 is 1.38 bits per heavy atom. The Morgan fingerprint density at radius 3 is 2.81 bits per heavy atom. The van der Waals surface area contributed by atoms with Crippen molar-refractivity contribution in [1.82, 2.24) is 4.98 Å². The van der Waals surface area contributed by atoms with E-state index in [0.717, 1.165) is 0 Å². The molecule has 0 radical (unpaired) electrons. The Morgan fingerprint density at radius 2 is 2.14 bits per heavy atom. The lowest BCUT2D eigenvalue weighted by Crippen LogP contribution is -2.21. The van der Waals surface area contributed by atoms with Gasteiger partial charge in [-0.1, -0.05) is 11.6 Å². The van der Waals surface area contributed by atoms with Gasteiger partial charge in [-0.15, -0.1) is 0 Å². The fourth-order valence-corrected chi connectivity index (χ4v) is 1.99. The number of hydrogen-bond acceptors (Lipinski definition) is 3. The van der Waals surface area contributed by atoms with Crippen LogP contribution in [-0.2, 0) is 0 Å². The van der Waals surface area contributed by atoms with Crippen LogP contribution in [0.4, 0.5) is 5.69 Å². The summed E-state index contributed by atoms with van der Waals surface area (Å²) in [6.07, 6.45) is 1.39. The first kappa shape index (κ1) is 15.1. The van der Waals surface area contributed by atoms with Crippen molar-refractivity contribution in [2.24, 2.45) is 0 Å². The Kier molecular flexibility index (Phi) is 4.65. The molecule has 6 heteroatoms. The molecule has 0 aliphatic heterocycles. The lowest BCUT2D eigenvalue weighted by Gasteiger charge is -2.11. The topological polar surface area (TPSA) is 71.2 Å². The maximum atomic E-state index is 12.2. The number of aromatic nitrogens is 1. The summed E-state index contributed by atoms with van der Waals surface area (Å²) in [4.78, 5) is 26.8. The molecule has 0 spiro atoms. The molecular formula is C15H15ClN2O3. The number of carbonyl (C=O) groups is 1. The summed E-state index contributed by atoms with van der Waals surface area (Å²) in [5.74, 6) is -0.0155. The molecule has 21 heavy (non-hydrogen) atoms. The fraction of sp³-hybridized carbons (Fsp3) is 0.200. The van der Waals surface area contributed by atoms with Crippen LogP contribution < -0.4 is 15.5 Å². The van der Waals surface area contributed by atoms with Crippen molar-refractivity contribution in [1.29, 1.82) is 0 Å². The number of ether oxygens (including phenoxy) is 1. The van der Waals surface area contributed by atoms with E-state index in [4.69, 9.17) is 16.3 Å². The zero-order valence-electron chi connectivity index (χ0n) is 11.7. The molecule has 0 aliphatic rings. The first-order chi connectivity index (χ1) is 10.0. The van der Waals surface area contributed by atoms with Crippen LogP contribution in [0.3, 0.4) is 0 Å². The molecule has 0 saturated carbocycles. The van der Waals surface area contributed by atoms with Crippen LogP contribution in [0, 0.1) is 6.92 Å². The number of H-pyrrole nitrogens is 1. The van der Waals surface area contributed by atoms with Gasteiger partial charge in [-0.25, -0.2) is 0 Å². The lowest BCUT2D eigenvalue weighted by molar-refractivity contribution is 0.102. The third-order valence-corrected chi connectivity index (χ3v) is 3.03. The molecule has 2 rings (SSSR count). The largest absolute Gasteiger partial charge is 0.492 e. The van der Waals surface area contributed by atoms with E-state index < -0.39 is 5.91 Å². The first-order valence-corrected chi connectivity index (χ1v) is 6.82. The predicted octanol–water partition coefficient (Wildman–Crippen LogP) is 2.99. The van der Waals surface area contributed by atoms with Crippen molar-refractivity contribution < 1.29 is 9.53 Å². The quantitative estimate of drug-likeness (QED) is 0.912. The third-order valence-electron chi connectivity index (χ3n) is 2.79. The zero-order valence-corrected chi connectivity index (χ0v) is 12.5. The Hall–Kier alpha value is -2.27. The molecular weight excluding hydrogens is 292 g/mol. The van der Waals surface area contributed by atoms with E-state index in [1.54, 1.807) is 25.1 Å². The summed E-state index contributed by atoms with van der Waals surface area (Å²) >= 11 is 5.92. The molecule has 2 aromatic rings. The maximum Gasteiger partial charge on any atom is 0.261 e. The van der Waals surface area contributed by atoms with Crippen molar-refractivity contribution in [3.8, 4) is 5.75 Å². The second-order valence-electron chi connectivity index (χ2n) is 4.42. The highest BCUT2D eigenvalue weighted by Gasteiger charge is 2.13. The van der Waals surface area contributed by atoms with E-state index in [2.05, 4.69) is 10.3 Å². The molecule has 0 saturated heterocycles. The molecule has 110 valence electrons. The summed E-state index contributed by atoms with van der Waals surface area (Å²) in [6, 6.07) is 6.28. The molecule has 1 heterocycles. The standard InChI is InChI=1S/C15H15ClN2O3/c1-3-21-14-5-4-10(16)7-12(14)18-15(20)11-8-17-9(2)6-13(11)19/h4-8H,3H2,1-2H3,(H,17,19)(H,18,20). The van der Waals surface area contributed by atoms with Crippen LogP contribution in [-0.4, -0.2) is 17.5 Å². The number of hydrogen-bond donors (Lipinski definition) is 2. The van der Waals surface area contributed by atoms with Gasteiger partial charge >= 0.3 is 0 Å². The van der Waals surface area contributed by atoms with Gasteiger partial charge in [-0.3, -0.25) is 9.59 Å². The van der Waals surface area contributed by atoms with Crippen molar-refractivity contribution in [2.45, 2.75) is 13.8 Å². The van der Waals surface area contributed by atoms with Crippen molar-refractivity contribution in [2.75, 3.05) is 11.9 Å². The van der Waals surface area contributed by atoms with Gasteiger partial charge in [0.25, 0.3) is 5.91 Å². The van der Waals surface area contributed by atoms with Crippen molar-refractivity contribution in [3.05, 3.63) is 57.0 Å². The molecule has 0 fully saturated rings. The second-order valence-corrected chi connectivity index (χ2v) is 4.86. The molecule has 0 atom stereocenters. The molecule has 0 bridgehead atoms. The number of anilines is 1. The first-order valence-electron chi connectivity index (χ1n) is 6.44. The summed E-state index contributed by atoms with van der Waals surface area (Å²) in [5, 5.41) is 3.11. The van der Waals surface area contributed by atoms with Gasteiger partial charge in [-0.2, -0.15) is 0 Å². The Labute approximate surface area is 126 Å².